The van der Waals surface area contributed by atoms with Gasteiger partial charge in [0.1, 0.15) is 6.23 Å². The summed E-state index contributed by atoms with van der Waals surface area (Å²) in [6.45, 7) is 2.15. The second-order valence-electron chi connectivity index (χ2n) is 10.3. The van der Waals surface area contributed by atoms with Crippen molar-refractivity contribution in [2.24, 2.45) is 11.7 Å². The van der Waals surface area contributed by atoms with Crippen molar-refractivity contribution in [2.45, 2.75) is 89.0 Å². The molecule has 0 saturated heterocycles. The van der Waals surface area contributed by atoms with Crippen LogP contribution in [0.5, 0.6) is 0 Å². The third-order valence-electron chi connectivity index (χ3n) is 7.12. The van der Waals surface area contributed by atoms with E-state index in [0.717, 1.165) is 55.5 Å². The summed E-state index contributed by atoms with van der Waals surface area (Å²) in [5.41, 5.74) is 7.56. The van der Waals surface area contributed by atoms with E-state index in [-0.39, 0.29) is 18.4 Å². The van der Waals surface area contributed by atoms with Crippen LogP contribution in [0.2, 0.25) is 5.02 Å². The molecule has 34 heavy (non-hydrogen) atoms. The summed E-state index contributed by atoms with van der Waals surface area (Å²) in [6.07, 6.45) is 8.93. The SMILES string of the molecule is CC(O)(CN)Cn1nc(-c2ccc(Cl)c(C(=O)NC(O)C3CCCCCCC3)c2)cc1C1CC1. The Balaban J connectivity index is 1.53. The monoisotopic (exact) mass is 488 g/mol. The minimum absolute atomic E-state index is 0.0679. The number of nitrogens with two attached hydrogens (primary N) is 1. The van der Waals surface area contributed by atoms with Crippen molar-refractivity contribution in [2.75, 3.05) is 6.54 Å². The lowest BCUT2D eigenvalue weighted by atomic mass is 9.90. The predicted octanol–water partition coefficient (Wildman–Crippen LogP) is 4.20. The van der Waals surface area contributed by atoms with Crippen molar-refractivity contribution >= 4 is 17.5 Å². The van der Waals surface area contributed by atoms with Crippen molar-refractivity contribution in [1.29, 1.82) is 0 Å². The Morgan fingerprint density at radius 2 is 1.88 bits per heavy atom. The molecular formula is C26H37ClN4O3. The van der Waals surface area contributed by atoms with E-state index in [4.69, 9.17) is 22.4 Å². The van der Waals surface area contributed by atoms with Gasteiger partial charge in [-0.15, -0.1) is 0 Å². The molecule has 186 valence electrons. The van der Waals surface area contributed by atoms with E-state index >= 15 is 0 Å². The highest BCUT2D eigenvalue weighted by Crippen LogP contribution is 2.41. The normalized spacial score (nSPS) is 20.3. The van der Waals surface area contributed by atoms with Gasteiger partial charge in [0, 0.05) is 29.6 Å². The topological polar surface area (TPSA) is 113 Å². The van der Waals surface area contributed by atoms with Crippen LogP contribution >= 0.6 is 11.6 Å². The lowest BCUT2D eigenvalue weighted by molar-refractivity contribution is 0.0462. The van der Waals surface area contributed by atoms with Gasteiger partial charge in [-0.05, 0) is 50.8 Å². The zero-order chi connectivity index (χ0) is 24.3. The highest BCUT2D eigenvalue weighted by atomic mass is 35.5. The van der Waals surface area contributed by atoms with E-state index in [9.17, 15) is 15.0 Å². The summed E-state index contributed by atoms with van der Waals surface area (Å²) >= 11 is 6.38. The molecule has 2 aromatic rings. The molecule has 0 spiro atoms. The molecule has 7 nitrogen and oxygen atoms in total. The Labute approximate surface area is 206 Å². The first-order chi connectivity index (χ1) is 16.3. The third kappa shape index (κ3) is 6.19. The highest BCUT2D eigenvalue weighted by molar-refractivity contribution is 6.34. The van der Waals surface area contributed by atoms with E-state index < -0.39 is 11.8 Å². The molecule has 8 heteroatoms. The molecule has 4 rings (SSSR count). The number of halogens is 1. The molecule has 1 aromatic carbocycles. The zero-order valence-electron chi connectivity index (χ0n) is 20.0. The van der Waals surface area contributed by atoms with Gasteiger partial charge in [-0.1, -0.05) is 49.8 Å². The zero-order valence-corrected chi connectivity index (χ0v) is 20.7. The quantitative estimate of drug-likeness (QED) is 0.416. The summed E-state index contributed by atoms with van der Waals surface area (Å²) in [7, 11) is 0. The van der Waals surface area contributed by atoms with Crippen LogP contribution in [0.3, 0.4) is 0 Å². The van der Waals surface area contributed by atoms with E-state index in [1.807, 2.05) is 16.8 Å². The smallest absolute Gasteiger partial charge is 0.254 e. The number of carbonyl (C=O) groups is 1. The number of rotatable bonds is 8. The molecule has 2 aliphatic carbocycles. The first-order valence-electron chi connectivity index (χ1n) is 12.6. The van der Waals surface area contributed by atoms with Crippen LogP contribution in [0.25, 0.3) is 11.3 Å². The highest BCUT2D eigenvalue weighted by Gasteiger charge is 2.31. The van der Waals surface area contributed by atoms with Gasteiger partial charge >= 0.3 is 0 Å². The van der Waals surface area contributed by atoms with Gasteiger partial charge in [-0.3, -0.25) is 9.48 Å². The summed E-state index contributed by atoms with van der Waals surface area (Å²) < 4.78 is 1.84. The number of amides is 1. The molecule has 2 aliphatic rings. The average Bonchev–Trinajstić information content (AvgIpc) is 3.54. The summed E-state index contributed by atoms with van der Waals surface area (Å²) in [4.78, 5) is 13.0. The number of aliphatic hydroxyl groups is 2. The lowest BCUT2D eigenvalue weighted by Crippen LogP contribution is -2.40. The van der Waals surface area contributed by atoms with E-state index in [0.29, 0.717) is 23.0 Å². The fraction of sp³-hybridized carbons (Fsp3) is 0.615. The molecule has 2 fully saturated rings. The van der Waals surface area contributed by atoms with E-state index in [1.165, 1.54) is 19.3 Å². The molecular weight excluding hydrogens is 452 g/mol. The van der Waals surface area contributed by atoms with Crippen molar-refractivity contribution < 1.29 is 15.0 Å². The van der Waals surface area contributed by atoms with Crippen LogP contribution in [0.4, 0.5) is 0 Å². The molecule has 1 aromatic heterocycles. The van der Waals surface area contributed by atoms with Crippen molar-refractivity contribution in [3.8, 4) is 11.3 Å². The lowest BCUT2D eigenvalue weighted by Gasteiger charge is -2.25. The molecule has 2 unspecified atom stereocenters. The van der Waals surface area contributed by atoms with Crippen molar-refractivity contribution in [3.63, 3.8) is 0 Å². The summed E-state index contributed by atoms with van der Waals surface area (Å²) in [6, 6.07) is 7.29. The number of nitrogens with one attached hydrogen (secondary N) is 1. The maximum atomic E-state index is 13.0. The van der Waals surface area contributed by atoms with Crippen LogP contribution in [-0.4, -0.2) is 44.3 Å². The van der Waals surface area contributed by atoms with E-state index in [1.54, 1.807) is 19.1 Å². The van der Waals surface area contributed by atoms with Crippen LogP contribution in [0.1, 0.15) is 86.7 Å². The molecule has 0 bridgehead atoms. The first-order valence-corrected chi connectivity index (χ1v) is 12.9. The molecule has 2 atom stereocenters. The average molecular weight is 489 g/mol. The Bertz CT molecular complexity index is 994. The first kappa shape index (κ1) is 25.2. The van der Waals surface area contributed by atoms with Gasteiger partial charge in [0.2, 0.25) is 0 Å². The van der Waals surface area contributed by atoms with Crippen LogP contribution in [-0.2, 0) is 6.54 Å². The number of aliphatic hydroxyl groups excluding tert-OH is 1. The third-order valence-corrected chi connectivity index (χ3v) is 7.45. The standard InChI is InChI=1S/C26H37ClN4O3/c1-26(34,15-28)16-31-23(17-9-10-17)14-22(30-31)19-11-12-21(27)20(13-19)25(33)29-24(32)18-7-5-3-2-4-6-8-18/h11-14,17-18,24,32,34H,2-10,15-16,28H2,1H3,(H,29,33). The maximum Gasteiger partial charge on any atom is 0.254 e. The second-order valence-corrected chi connectivity index (χ2v) is 10.7. The van der Waals surface area contributed by atoms with Gasteiger partial charge in [-0.25, -0.2) is 0 Å². The molecule has 0 radical (unpaired) electrons. The Kier molecular flexibility index (Phi) is 7.97. The number of nitrogens with zero attached hydrogens (tertiary/aromatic N) is 2. The van der Waals surface area contributed by atoms with Gasteiger partial charge in [0.15, 0.2) is 0 Å². The second kappa shape index (κ2) is 10.8. The Morgan fingerprint density at radius 1 is 1.21 bits per heavy atom. The van der Waals surface area contributed by atoms with Crippen molar-refractivity contribution in [3.05, 3.63) is 40.5 Å². The maximum absolute atomic E-state index is 13.0. The molecule has 2 saturated carbocycles. The predicted molar refractivity (Wildman–Crippen MR) is 134 cm³/mol. The largest absolute Gasteiger partial charge is 0.387 e. The number of carbonyl (C=O) groups excluding carboxylic acids is 1. The fourth-order valence-corrected chi connectivity index (χ4v) is 4.99. The van der Waals surface area contributed by atoms with Gasteiger partial charge in [-0.2, -0.15) is 5.10 Å². The van der Waals surface area contributed by atoms with E-state index in [2.05, 4.69) is 5.32 Å². The Hall–Kier alpha value is -1.93. The number of hydrogen-bond acceptors (Lipinski definition) is 5. The Morgan fingerprint density at radius 3 is 2.53 bits per heavy atom. The van der Waals surface area contributed by atoms with Crippen LogP contribution < -0.4 is 11.1 Å². The molecule has 1 heterocycles. The minimum Gasteiger partial charge on any atom is -0.387 e. The minimum atomic E-state index is -1.05. The molecule has 0 aliphatic heterocycles. The number of aromatic nitrogens is 2. The van der Waals surface area contributed by atoms with Crippen LogP contribution in [0, 0.1) is 5.92 Å². The van der Waals surface area contributed by atoms with Crippen LogP contribution in [0.15, 0.2) is 24.3 Å². The summed E-state index contributed by atoms with van der Waals surface area (Å²) in [5, 5.41) is 29.0. The fourth-order valence-electron chi connectivity index (χ4n) is 4.79. The van der Waals surface area contributed by atoms with Gasteiger partial charge in [0.05, 0.1) is 28.4 Å². The summed E-state index contributed by atoms with van der Waals surface area (Å²) in [5.74, 6) is 0.122. The molecule has 1 amide bonds. The van der Waals surface area contributed by atoms with Gasteiger partial charge < -0.3 is 21.3 Å². The number of benzene rings is 1. The number of hydrogen-bond donors (Lipinski definition) is 4. The van der Waals surface area contributed by atoms with Crippen molar-refractivity contribution in [1.82, 2.24) is 15.1 Å². The molecule has 5 N–H and O–H groups in total. The van der Waals surface area contributed by atoms with Gasteiger partial charge in [0.25, 0.3) is 5.91 Å².